The van der Waals surface area contributed by atoms with Crippen LogP contribution in [-0.4, -0.2) is 25.6 Å². The van der Waals surface area contributed by atoms with Gasteiger partial charge in [-0.15, -0.1) is 0 Å². The summed E-state index contributed by atoms with van der Waals surface area (Å²) in [6.07, 6.45) is 8.86. The summed E-state index contributed by atoms with van der Waals surface area (Å²) >= 11 is 0. The summed E-state index contributed by atoms with van der Waals surface area (Å²) in [4.78, 5) is 8.93. The van der Waals surface area contributed by atoms with E-state index in [9.17, 15) is 0 Å². The first-order chi connectivity index (χ1) is 8.76. The van der Waals surface area contributed by atoms with E-state index < -0.39 is 0 Å². The Kier molecular flexibility index (Phi) is 4.15. The molecule has 2 heterocycles. The summed E-state index contributed by atoms with van der Waals surface area (Å²) < 4.78 is 4.16. The highest BCUT2D eigenvalue weighted by Gasteiger charge is 2.20. The van der Waals surface area contributed by atoms with Crippen LogP contribution in [0.15, 0.2) is 24.9 Å². The normalized spacial score (nSPS) is 12.8. The molecule has 18 heavy (non-hydrogen) atoms. The van der Waals surface area contributed by atoms with Crippen LogP contribution in [-0.2, 0) is 13.6 Å². The van der Waals surface area contributed by atoms with Crippen LogP contribution in [0.1, 0.15) is 37.8 Å². The van der Waals surface area contributed by atoms with Crippen molar-refractivity contribution in [2.75, 3.05) is 6.54 Å². The average Bonchev–Trinajstić information content (AvgIpc) is 2.96. The minimum atomic E-state index is 0.0674. The molecule has 98 valence electrons. The summed E-state index contributed by atoms with van der Waals surface area (Å²) in [6, 6.07) is 0.0674. The van der Waals surface area contributed by atoms with Crippen molar-refractivity contribution >= 4 is 0 Å². The lowest BCUT2D eigenvalue weighted by molar-refractivity contribution is 0.536. The summed E-state index contributed by atoms with van der Waals surface area (Å²) in [7, 11) is 1.98. The monoisotopic (exact) mass is 247 g/mol. The van der Waals surface area contributed by atoms with Gasteiger partial charge in [-0.2, -0.15) is 0 Å². The molecule has 1 unspecified atom stereocenters. The molecule has 0 aliphatic heterocycles. The van der Waals surface area contributed by atoms with Gasteiger partial charge in [0.2, 0.25) is 0 Å². The van der Waals surface area contributed by atoms with Gasteiger partial charge in [-0.1, -0.05) is 13.8 Å². The van der Waals surface area contributed by atoms with Crippen LogP contribution in [0.3, 0.4) is 0 Å². The van der Waals surface area contributed by atoms with E-state index in [1.54, 1.807) is 0 Å². The van der Waals surface area contributed by atoms with E-state index in [0.717, 1.165) is 31.0 Å². The zero-order chi connectivity index (χ0) is 13.0. The summed E-state index contributed by atoms with van der Waals surface area (Å²) in [5.41, 5.74) is 1.02. The van der Waals surface area contributed by atoms with Gasteiger partial charge in [-0.3, -0.25) is 0 Å². The lowest BCUT2D eigenvalue weighted by Gasteiger charge is -2.17. The van der Waals surface area contributed by atoms with Gasteiger partial charge in [0.15, 0.2) is 0 Å². The fraction of sp³-hybridized carbons (Fsp3) is 0.538. The minimum Gasteiger partial charge on any atom is -0.340 e. The van der Waals surface area contributed by atoms with Crippen LogP contribution in [0.4, 0.5) is 0 Å². The Morgan fingerprint density at radius 1 is 1.33 bits per heavy atom. The zero-order valence-corrected chi connectivity index (χ0v) is 11.3. The average molecular weight is 247 g/mol. The van der Waals surface area contributed by atoms with Crippen LogP contribution >= 0.6 is 0 Å². The molecule has 1 atom stereocenters. The van der Waals surface area contributed by atoms with Gasteiger partial charge in [-0.25, -0.2) is 9.97 Å². The van der Waals surface area contributed by atoms with Crippen molar-refractivity contribution in [1.82, 2.24) is 24.4 Å². The van der Waals surface area contributed by atoms with E-state index in [-0.39, 0.29) is 6.04 Å². The lowest BCUT2D eigenvalue weighted by atomic mass is 10.2. The lowest BCUT2D eigenvalue weighted by Crippen LogP contribution is -2.25. The molecule has 0 radical (unpaired) electrons. The Bertz CT molecular complexity index is 485. The molecule has 5 heteroatoms. The van der Waals surface area contributed by atoms with Crippen LogP contribution < -0.4 is 5.32 Å². The first-order valence-corrected chi connectivity index (χ1v) is 6.48. The van der Waals surface area contributed by atoms with Crippen molar-refractivity contribution in [2.45, 2.75) is 32.9 Å². The predicted octanol–water partition coefficient (Wildman–Crippen LogP) is 1.73. The SMILES string of the molecule is CCCn1ccnc1C(NCC)c1cn(C)cn1. The number of rotatable bonds is 6. The number of aryl methyl sites for hydroxylation is 2. The van der Waals surface area contributed by atoms with E-state index >= 15 is 0 Å². The second-order valence-electron chi connectivity index (χ2n) is 4.43. The van der Waals surface area contributed by atoms with Crippen LogP contribution in [0.5, 0.6) is 0 Å². The quantitative estimate of drug-likeness (QED) is 0.845. The van der Waals surface area contributed by atoms with Gasteiger partial charge < -0.3 is 14.5 Å². The number of hydrogen-bond acceptors (Lipinski definition) is 3. The van der Waals surface area contributed by atoms with Crippen molar-refractivity contribution in [1.29, 1.82) is 0 Å². The van der Waals surface area contributed by atoms with E-state index in [2.05, 4.69) is 33.7 Å². The third-order valence-electron chi connectivity index (χ3n) is 2.90. The van der Waals surface area contributed by atoms with E-state index in [4.69, 9.17) is 0 Å². The second-order valence-corrected chi connectivity index (χ2v) is 4.43. The first-order valence-electron chi connectivity index (χ1n) is 6.48. The van der Waals surface area contributed by atoms with Crippen molar-refractivity contribution in [3.05, 3.63) is 36.4 Å². The molecule has 0 saturated heterocycles. The topological polar surface area (TPSA) is 47.7 Å². The predicted molar refractivity (Wildman–Crippen MR) is 71.2 cm³/mol. The number of aromatic nitrogens is 4. The van der Waals surface area contributed by atoms with Crippen LogP contribution in [0.25, 0.3) is 0 Å². The molecule has 0 spiro atoms. The highest BCUT2D eigenvalue weighted by Crippen LogP contribution is 2.19. The van der Waals surface area contributed by atoms with Gasteiger partial charge in [0.05, 0.1) is 12.0 Å². The molecule has 2 aromatic heterocycles. The third-order valence-corrected chi connectivity index (χ3v) is 2.90. The van der Waals surface area contributed by atoms with Gasteiger partial charge in [0.1, 0.15) is 11.9 Å². The largest absolute Gasteiger partial charge is 0.340 e. The maximum Gasteiger partial charge on any atom is 0.132 e. The summed E-state index contributed by atoms with van der Waals surface area (Å²) in [5.74, 6) is 1.04. The first kappa shape index (κ1) is 12.8. The number of hydrogen-bond donors (Lipinski definition) is 1. The Morgan fingerprint density at radius 3 is 2.78 bits per heavy atom. The molecule has 0 amide bonds. The molecule has 0 saturated carbocycles. The van der Waals surface area contributed by atoms with Gasteiger partial charge in [-0.05, 0) is 13.0 Å². The van der Waals surface area contributed by atoms with E-state index in [1.807, 2.05) is 36.5 Å². The molecule has 2 aromatic rings. The molecular weight excluding hydrogens is 226 g/mol. The Labute approximate surface area is 108 Å². The molecule has 5 nitrogen and oxygen atoms in total. The number of imidazole rings is 2. The van der Waals surface area contributed by atoms with Gasteiger partial charge >= 0.3 is 0 Å². The fourth-order valence-electron chi connectivity index (χ4n) is 2.13. The fourth-order valence-corrected chi connectivity index (χ4v) is 2.13. The molecule has 2 rings (SSSR count). The van der Waals surface area contributed by atoms with Crippen molar-refractivity contribution in [2.24, 2.45) is 7.05 Å². The Morgan fingerprint density at radius 2 is 2.17 bits per heavy atom. The Balaban J connectivity index is 2.31. The smallest absolute Gasteiger partial charge is 0.132 e. The van der Waals surface area contributed by atoms with Gasteiger partial charge in [0, 0.05) is 32.2 Å². The van der Waals surface area contributed by atoms with Crippen molar-refractivity contribution in [3.63, 3.8) is 0 Å². The zero-order valence-electron chi connectivity index (χ0n) is 11.3. The molecular formula is C13H21N5. The molecule has 0 aliphatic carbocycles. The molecule has 0 aliphatic rings. The highest BCUT2D eigenvalue weighted by atomic mass is 15.1. The number of nitrogens with zero attached hydrogens (tertiary/aromatic N) is 4. The van der Waals surface area contributed by atoms with Gasteiger partial charge in [0.25, 0.3) is 0 Å². The molecule has 0 bridgehead atoms. The summed E-state index contributed by atoms with van der Waals surface area (Å²) in [5, 5.41) is 3.45. The summed E-state index contributed by atoms with van der Waals surface area (Å²) in [6.45, 7) is 6.15. The highest BCUT2D eigenvalue weighted by molar-refractivity contribution is 5.16. The van der Waals surface area contributed by atoms with Crippen molar-refractivity contribution < 1.29 is 0 Å². The van der Waals surface area contributed by atoms with Crippen LogP contribution in [0.2, 0.25) is 0 Å². The number of nitrogens with one attached hydrogen (secondary N) is 1. The maximum atomic E-state index is 4.49. The molecule has 0 fully saturated rings. The maximum absolute atomic E-state index is 4.49. The molecule has 0 aromatic carbocycles. The molecule has 1 N–H and O–H groups in total. The van der Waals surface area contributed by atoms with Crippen LogP contribution in [0, 0.1) is 0 Å². The second kappa shape index (κ2) is 5.82. The Hall–Kier alpha value is -1.62. The van der Waals surface area contributed by atoms with Crippen molar-refractivity contribution in [3.8, 4) is 0 Å². The van der Waals surface area contributed by atoms with E-state index in [0.29, 0.717) is 0 Å². The standard InChI is InChI=1S/C13H21N5/c1-4-7-18-8-6-15-13(18)12(14-5-2)11-9-17(3)10-16-11/h6,8-10,12,14H,4-5,7H2,1-3H3. The third kappa shape index (κ3) is 2.61. The van der Waals surface area contributed by atoms with E-state index in [1.165, 1.54) is 0 Å². The minimum absolute atomic E-state index is 0.0674.